The Labute approximate surface area is 206 Å². The number of carbonyl (C=O) groups is 2. The lowest BCUT2D eigenvalue weighted by Crippen LogP contribution is -2.34. The smallest absolute Gasteiger partial charge is 0.392 e. The van der Waals surface area contributed by atoms with Crippen molar-refractivity contribution >= 4 is 40.8 Å². The van der Waals surface area contributed by atoms with Crippen molar-refractivity contribution in [3.63, 3.8) is 0 Å². The van der Waals surface area contributed by atoms with Gasteiger partial charge in [0.25, 0.3) is 0 Å². The zero-order chi connectivity index (χ0) is 25.3. The number of carbonyl (C=O) groups excluding carboxylic acids is 2. The number of halogens is 5. The number of esters is 1. The SMILES string of the molecule is CCC(c1ccc(Cl)c(NC(=O)[C@H](c2ccc(Cl)cc2)[C@@H](C)C(F)(F)F)c1)C1(C(=O)OC)CC1. The van der Waals surface area contributed by atoms with Gasteiger partial charge >= 0.3 is 12.1 Å². The molecule has 1 aliphatic rings. The Morgan fingerprint density at radius 2 is 1.68 bits per heavy atom. The molecule has 0 saturated heterocycles. The zero-order valence-corrected chi connectivity index (χ0v) is 20.5. The molecule has 4 nitrogen and oxygen atoms in total. The molecule has 0 radical (unpaired) electrons. The van der Waals surface area contributed by atoms with Crippen LogP contribution < -0.4 is 5.32 Å². The molecule has 0 aromatic heterocycles. The minimum atomic E-state index is -4.60. The van der Waals surface area contributed by atoms with E-state index in [0.717, 1.165) is 12.5 Å². The first-order chi connectivity index (χ1) is 15.9. The van der Waals surface area contributed by atoms with Gasteiger partial charge < -0.3 is 10.1 Å². The molecule has 184 valence electrons. The highest BCUT2D eigenvalue weighted by Gasteiger charge is 2.56. The highest BCUT2D eigenvalue weighted by molar-refractivity contribution is 6.33. The lowest BCUT2D eigenvalue weighted by atomic mass is 9.81. The summed E-state index contributed by atoms with van der Waals surface area (Å²) in [6.07, 6.45) is -2.59. The van der Waals surface area contributed by atoms with Crippen LogP contribution in [0.4, 0.5) is 18.9 Å². The van der Waals surface area contributed by atoms with Crippen LogP contribution in [-0.4, -0.2) is 25.2 Å². The third-order valence-corrected chi connectivity index (χ3v) is 7.22. The Hall–Kier alpha value is -2.25. The second kappa shape index (κ2) is 10.2. The normalized spacial score (nSPS) is 17.4. The van der Waals surface area contributed by atoms with E-state index in [1.54, 1.807) is 18.2 Å². The molecule has 0 aliphatic heterocycles. The van der Waals surface area contributed by atoms with Gasteiger partial charge in [-0.25, -0.2) is 0 Å². The van der Waals surface area contributed by atoms with Crippen molar-refractivity contribution in [3.8, 4) is 0 Å². The van der Waals surface area contributed by atoms with Crippen LogP contribution in [0, 0.1) is 11.3 Å². The maximum absolute atomic E-state index is 13.6. The highest BCUT2D eigenvalue weighted by atomic mass is 35.5. The van der Waals surface area contributed by atoms with Crippen molar-refractivity contribution in [1.82, 2.24) is 0 Å². The molecule has 2 aromatic rings. The van der Waals surface area contributed by atoms with E-state index in [1.165, 1.54) is 31.4 Å². The maximum atomic E-state index is 13.6. The Morgan fingerprint density at radius 3 is 2.18 bits per heavy atom. The lowest BCUT2D eigenvalue weighted by molar-refractivity contribution is -0.178. The van der Waals surface area contributed by atoms with Gasteiger partial charge in [-0.3, -0.25) is 9.59 Å². The fourth-order valence-corrected chi connectivity index (χ4v) is 4.86. The Bertz CT molecular complexity index is 1050. The second-order valence-electron chi connectivity index (χ2n) is 8.70. The number of methoxy groups -OCH3 is 1. The summed E-state index contributed by atoms with van der Waals surface area (Å²) in [6, 6.07) is 10.7. The molecule has 0 bridgehead atoms. The number of anilines is 1. The van der Waals surface area contributed by atoms with Gasteiger partial charge in [0.15, 0.2) is 0 Å². The van der Waals surface area contributed by atoms with E-state index in [-0.39, 0.29) is 28.2 Å². The Kier molecular flexibility index (Phi) is 7.88. The number of hydrogen-bond acceptors (Lipinski definition) is 3. The molecule has 34 heavy (non-hydrogen) atoms. The van der Waals surface area contributed by atoms with E-state index in [9.17, 15) is 22.8 Å². The number of nitrogens with one attached hydrogen (secondary N) is 1. The van der Waals surface area contributed by atoms with E-state index in [2.05, 4.69) is 5.32 Å². The zero-order valence-electron chi connectivity index (χ0n) is 19.0. The van der Waals surface area contributed by atoms with Crippen LogP contribution in [0.25, 0.3) is 0 Å². The van der Waals surface area contributed by atoms with Gasteiger partial charge in [-0.05, 0) is 60.6 Å². The van der Waals surface area contributed by atoms with E-state index in [4.69, 9.17) is 27.9 Å². The number of benzene rings is 2. The van der Waals surface area contributed by atoms with Crippen molar-refractivity contribution in [2.45, 2.75) is 51.1 Å². The summed E-state index contributed by atoms with van der Waals surface area (Å²) in [5, 5.41) is 3.13. The van der Waals surface area contributed by atoms with Crippen molar-refractivity contribution < 1.29 is 27.5 Å². The Balaban J connectivity index is 1.94. The molecule has 1 saturated carbocycles. The van der Waals surface area contributed by atoms with Crippen molar-refractivity contribution in [1.29, 1.82) is 0 Å². The fourth-order valence-electron chi connectivity index (χ4n) is 4.57. The van der Waals surface area contributed by atoms with Crippen LogP contribution >= 0.6 is 23.2 Å². The monoisotopic (exact) mass is 515 g/mol. The lowest BCUT2D eigenvalue weighted by Gasteiger charge is -2.27. The minimum absolute atomic E-state index is 0.172. The first-order valence-corrected chi connectivity index (χ1v) is 11.7. The number of alkyl halides is 3. The summed E-state index contributed by atoms with van der Waals surface area (Å²) in [5.41, 5.74) is 0.511. The van der Waals surface area contributed by atoms with Gasteiger partial charge in [0.1, 0.15) is 0 Å². The number of rotatable bonds is 8. The van der Waals surface area contributed by atoms with E-state index in [1.807, 2.05) is 6.92 Å². The van der Waals surface area contributed by atoms with Gasteiger partial charge in [0.05, 0.1) is 35.1 Å². The van der Waals surface area contributed by atoms with Crippen molar-refractivity contribution in [2.24, 2.45) is 11.3 Å². The largest absolute Gasteiger partial charge is 0.469 e. The molecule has 2 aromatic carbocycles. The fraction of sp³-hybridized carbons (Fsp3) is 0.440. The molecule has 0 heterocycles. The highest BCUT2D eigenvalue weighted by Crippen LogP contribution is 2.58. The predicted octanol–water partition coefficient (Wildman–Crippen LogP) is 7.36. The van der Waals surface area contributed by atoms with Crippen LogP contribution in [0.3, 0.4) is 0 Å². The topological polar surface area (TPSA) is 55.4 Å². The van der Waals surface area contributed by atoms with E-state index >= 15 is 0 Å². The molecule has 1 N–H and O–H groups in total. The average molecular weight is 516 g/mol. The second-order valence-corrected chi connectivity index (χ2v) is 9.54. The van der Waals surface area contributed by atoms with Gasteiger partial charge in [-0.1, -0.05) is 55.2 Å². The molecule has 9 heteroatoms. The molecule has 1 fully saturated rings. The van der Waals surface area contributed by atoms with E-state index in [0.29, 0.717) is 24.3 Å². The van der Waals surface area contributed by atoms with Gasteiger partial charge in [-0.2, -0.15) is 13.2 Å². The summed E-state index contributed by atoms with van der Waals surface area (Å²) in [7, 11) is 1.35. The van der Waals surface area contributed by atoms with Gasteiger partial charge in [0.2, 0.25) is 5.91 Å². The number of ether oxygens (including phenoxy) is 1. The predicted molar refractivity (Wildman–Crippen MR) is 126 cm³/mol. The molecule has 1 unspecified atom stereocenters. The average Bonchev–Trinajstić information content (AvgIpc) is 3.58. The molecule has 0 spiro atoms. The number of hydrogen-bond donors (Lipinski definition) is 1. The van der Waals surface area contributed by atoms with Crippen LogP contribution in [0.15, 0.2) is 42.5 Å². The summed E-state index contributed by atoms with van der Waals surface area (Å²) < 4.78 is 45.9. The molecule has 3 atom stereocenters. The Morgan fingerprint density at radius 1 is 1.09 bits per heavy atom. The van der Waals surface area contributed by atoms with Crippen LogP contribution in [0.2, 0.25) is 10.0 Å². The first kappa shape index (κ1) is 26.4. The minimum Gasteiger partial charge on any atom is -0.469 e. The summed E-state index contributed by atoms with van der Waals surface area (Å²) in [4.78, 5) is 25.6. The summed E-state index contributed by atoms with van der Waals surface area (Å²) in [5.74, 6) is -4.76. The van der Waals surface area contributed by atoms with Crippen LogP contribution in [0.1, 0.15) is 56.1 Å². The standard InChI is InChI=1S/C25H26Cl2F3NO3/c1-4-18(24(11-12-24)23(33)34-3)16-7-10-19(27)20(13-16)31-22(32)21(14(2)25(28,29)30)15-5-8-17(26)9-6-15/h5-10,13-14,18,21H,4,11-12H2,1-3H3,(H,31,32)/t14-,18?,21+/m1/s1. The van der Waals surface area contributed by atoms with Gasteiger partial charge in [0, 0.05) is 5.02 Å². The maximum Gasteiger partial charge on any atom is 0.392 e. The molecule has 3 rings (SSSR count). The molecular formula is C25H26Cl2F3NO3. The van der Waals surface area contributed by atoms with Crippen molar-refractivity contribution in [2.75, 3.05) is 12.4 Å². The summed E-state index contributed by atoms with van der Waals surface area (Å²) >= 11 is 12.2. The van der Waals surface area contributed by atoms with Crippen LogP contribution in [-0.2, 0) is 14.3 Å². The third-order valence-electron chi connectivity index (χ3n) is 6.63. The first-order valence-electron chi connectivity index (χ1n) is 11.0. The van der Waals surface area contributed by atoms with E-state index < -0.39 is 29.3 Å². The van der Waals surface area contributed by atoms with Gasteiger partial charge in [-0.15, -0.1) is 0 Å². The third kappa shape index (κ3) is 5.36. The summed E-state index contributed by atoms with van der Waals surface area (Å²) in [6.45, 7) is 2.92. The van der Waals surface area contributed by atoms with Crippen LogP contribution in [0.5, 0.6) is 0 Å². The quantitative estimate of drug-likeness (QED) is 0.373. The molecule has 1 aliphatic carbocycles. The number of amides is 1. The van der Waals surface area contributed by atoms with Crippen molar-refractivity contribution in [3.05, 3.63) is 63.6 Å². The molecular weight excluding hydrogens is 490 g/mol. The molecule has 1 amide bonds.